The highest BCUT2D eigenvalue weighted by molar-refractivity contribution is 5.53. The van der Waals surface area contributed by atoms with Gasteiger partial charge in [-0.15, -0.1) is 0 Å². The highest BCUT2D eigenvalue weighted by Gasteiger charge is 2.19. The van der Waals surface area contributed by atoms with Crippen LogP contribution in [0.4, 0.5) is 11.6 Å². The van der Waals surface area contributed by atoms with E-state index in [9.17, 15) is 5.11 Å². The van der Waals surface area contributed by atoms with Gasteiger partial charge in [-0.2, -0.15) is 0 Å². The number of aliphatic hydroxyl groups is 1. The fraction of sp³-hybridized carbons (Fsp3) is 0.333. The number of nitrogen functional groups attached to an aromatic ring is 1. The lowest BCUT2D eigenvalue weighted by atomic mass is 10.1. The molecule has 1 aliphatic rings. The van der Waals surface area contributed by atoms with Gasteiger partial charge in [0, 0.05) is 5.69 Å². The van der Waals surface area contributed by atoms with E-state index in [1.165, 1.54) is 5.56 Å². The number of nitrogens with two attached hydrogens (primary N) is 1. The van der Waals surface area contributed by atoms with Crippen molar-refractivity contribution in [2.75, 3.05) is 11.1 Å². The van der Waals surface area contributed by atoms with Gasteiger partial charge in [0.2, 0.25) is 5.95 Å². The van der Waals surface area contributed by atoms with Crippen molar-refractivity contribution in [2.45, 2.75) is 31.9 Å². The van der Waals surface area contributed by atoms with Gasteiger partial charge in [-0.25, -0.2) is 9.97 Å². The molecule has 5 heteroatoms. The zero-order valence-corrected chi connectivity index (χ0v) is 11.2. The van der Waals surface area contributed by atoms with E-state index in [2.05, 4.69) is 33.5 Å². The summed E-state index contributed by atoms with van der Waals surface area (Å²) in [4.78, 5) is 8.32. The van der Waals surface area contributed by atoms with Crippen molar-refractivity contribution in [3.63, 3.8) is 0 Å². The summed E-state index contributed by atoms with van der Waals surface area (Å²) in [6.45, 7) is -0.122. The van der Waals surface area contributed by atoms with Gasteiger partial charge in [0.25, 0.3) is 0 Å². The summed E-state index contributed by atoms with van der Waals surface area (Å²) in [7, 11) is 0. The Morgan fingerprint density at radius 3 is 3.00 bits per heavy atom. The molecule has 0 amide bonds. The summed E-state index contributed by atoms with van der Waals surface area (Å²) in [5.74, 6) is 0.214. The van der Waals surface area contributed by atoms with Crippen molar-refractivity contribution >= 4 is 11.6 Å². The summed E-state index contributed by atoms with van der Waals surface area (Å²) in [6.07, 6.45) is 3.14. The molecule has 1 aromatic heterocycles. The molecular weight excluding hydrogens is 252 g/mol. The molecule has 3 rings (SSSR count). The van der Waals surface area contributed by atoms with E-state index in [-0.39, 0.29) is 18.6 Å². The topological polar surface area (TPSA) is 84.1 Å². The Kier molecular flexibility index (Phi) is 3.52. The molecule has 0 saturated heterocycles. The number of anilines is 2. The van der Waals surface area contributed by atoms with E-state index >= 15 is 0 Å². The van der Waals surface area contributed by atoms with Crippen LogP contribution in [-0.2, 0) is 13.0 Å². The van der Waals surface area contributed by atoms with Crippen molar-refractivity contribution in [3.05, 3.63) is 47.3 Å². The number of para-hydroxylation sites is 1. The van der Waals surface area contributed by atoms with Crippen LogP contribution in [0.25, 0.3) is 0 Å². The second kappa shape index (κ2) is 5.46. The first-order valence-electron chi connectivity index (χ1n) is 6.85. The fourth-order valence-corrected chi connectivity index (χ4v) is 2.66. The summed E-state index contributed by atoms with van der Waals surface area (Å²) >= 11 is 0. The Bertz CT molecular complexity index is 615. The number of benzene rings is 1. The molecule has 1 unspecified atom stereocenters. The second-order valence-electron chi connectivity index (χ2n) is 5.05. The molecule has 0 fully saturated rings. The molecule has 104 valence electrons. The monoisotopic (exact) mass is 270 g/mol. The second-order valence-corrected chi connectivity index (χ2v) is 5.05. The minimum absolute atomic E-state index is 0.106. The highest BCUT2D eigenvalue weighted by Crippen LogP contribution is 2.30. The van der Waals surface area contributed by atoms with Crippen LogP contribution < -0.4 is 11.1 Å². The van der Waals surface area contributed by atoms with Crippen molar-refractivity contribution < 1.29 is 5.11 Å². The predicted molar refractivity (Wildman–Crippen MR) is 78.1 cm³/mol. The largest absolute Gasteiger partial charge is 0.390 e. The quantitative estimate of drug-likeness (QED) is 0.777. The normalized spacial score (nSPS) is 17.9. The predicted octanol–water partition coefficient (Wildman–Crippen LogP) is 2.04. The number of aromatic nitrogens is 2. The zero-order valence-electron chi connectivity index (χ0n) is 11.2. The Morgan fingerprint density at radius 2 is 2.15 bits per heavy atom. The van der Waals surface area contributed by atoms with E-state index < -0.39 is 0 Å². The summed E-state index contributed by atoms with van der Waals surface area (Å²) in [6, 6.07) is 10.3. The molecule has 2 heterocycles. The molecule has 0 radical (unpaired) electrons. The number of nitrogens with zero attached hydrogens (tertiary/aromatic N) is 2. The minimum Gasteiger partial charge on any atom is -0.390 e. The van der Waals surface area contributed by atoms with Gasteiger partial charge >= 0.3 is 0 Å². The number of rotatable bonds is 2. The molecule has 0 bridgehead atoms. The zero-order chi connectivity index (χ0) is 13.9. The lowest BCUT2D eigenvalue weighted by Crippen LogP contribution is -2.14. The van der Waals surface area contributed by atoms with Crippen molar-refractivity contribution in [3.8, 4) is 0 Å². The third-order valence-corrected chi connectivity index (χ3v) is 3.62. The van der Waals surface area contributed by atoms with Gasteiger partial charge in [-0.05, 0) is 37.0 Å². The highest BCUT2D eigenvalue weighted by atomic mass is 16.3. The fourth-order valence-electron chi connectivity index (χ4n) is 2.66. The van der Waals surface area contributed by atoms with Gasteiger partial charge in [0.1, 0.15) is 0 Å². The smallest absolute Gasteiger partial charge is 0.220 e. The Hall–Kier alpha value is -2.14. The average molecular weight is 270 g/mol. The van der Waals surface area contributed by atoms with Crippen molar-refractivity contribution in [1.82, 2.24) is 9.97 Å². The molecule has 2 aromatic rings. The third kappa shape index (κ3) is 2.58. The third-order valence-electron chi connectivity index (χ3n) is 3.62. The number of aliphatic hydroxyl groups excluding tert-OH is 1. The summed E-state index contributed by atoms with van der Waals surface area (Å²) < 4.78 is 0. The van der Waals surface area contributed by atoms with Gasteiger partial charge in [-0.3, -0.25) is 0 Å². The van der Waals surface area contributed by atoms with E-state index in [0.717, 1.165) is 30.6 Å². The molecule has 0 aliphatic carbocycles. The van der Waals surface area contributed by atoms with Crippen LogP contribution in [0.1, 0.15) is 35.8 Å². The lowest BCUT2D eigenvalue weighted by molar-refractivity contribution is 0.276. The van der Waals surface area contributed by atoms with Gasteiger partial charge in [-0.1, -0.05) is 18.2 Å². The molecule has 5 nitrogen and oxygen atoms in total. The molecule has 0 saturated carbocycles. The average Bonchev–Trinajstić information content (AvgIpc) is 2.68. The number of hydrogen-bond donors (Lipinski definition) is 3. The first-order valence-corrected chi connectivity index (χ1v) is 6.85. The van der Waals surface area contributed by atoms with Gasteiger partial charge < -0.3 is 16.2 Å². The number of aryl methyl sites for hydroxylation is 1. The van der Waals surface area contributed by atoms with Crippen LogP contribution >= 0.6 is 0 Å². The Labute approximate surface area is 117 Å². The maximum Gasteiger partial charge on any atom is 0.220 e. The number of fused-ring (bicyclic) bond motifs is 1. The molecule has 1 atom stereocenters. The Morgan fingerprint density at radius 1 is 1.30 bits per heavy atom. The van der Waals surface area contributed by atoms with Gasteiger partial charge in [0.15, 0.2) is 0 Å². The number of hydrogen-bond acceptors (Lipinski definition) is 5. The van der Waals surface area contributed by atoms with Crippen LogP contribution in [-0.4, -0.2) is 15.1 Å². The molecule has 1 aromatic carbocycles. The van der Waals surface area contributed by atoms with E-state index in [1.54, 1.807) is 0 Å². The lowest BCUT2D eigenvalue weighted by Gasteiger charge is -2.18. The molecule has 1 aliphatic heterocycles. The Balaban J connectivity index is 1.93. The van der Waals surface area contributed by atoms with E-state index in [1.807, 2.05) is 12.1 Å². The molecule has 20 heavy (non-hydrogen) atoms. The van der Waals surface area contributed by atoms with Crippen LogP contribution in [0.5, 0.6) is 0 Å². The molecular formula is C15H18N4O. The first kappa shape index (κ1) is 12.9. The van der Waals surface area contributed by atoms with Crippen molar-refractivity contribution in [2.24, 2.45) is 0 Å². The van der Waals surface area contributed by atoms with Crippen molar-refractivity contribution in [1.29, 1.82) is 0 Å². The minimum atomic E-state index is -0.122. The van der Waals surface area contributed by atoms with Crippen LogP contribution in [0.3, 0.4) is 0 Å². The summed E-state index contributed by atoms with van der Waals surface area (Å²) in [5, 5.41) is 12.8. The summed E-state index contributed by atoms with van der Waals surface area (Å²) in [5.41, 5.74) is 9.61. The maximum absolute atomic E-state index is 9.23. The van der Waals surface area contributed by atoms with Crippen LogP contribution in [0, 0.1) is 0 Å². The molecule has 4 N–H and O–H groups in total. The standard InChI is InChI=1S/C15H18N4O/c16-15-17-11(9-20)8-14(19-15)13-7-3-5-10-4-1-2-6-12(10)18-13/h1-2,4,6,8,13,18,20H,3,5,7,9H2,(H2,16,17,19). The first-order chi connectivity index (χ1) is 9.76. The number of nitrogens with one attached hydrogen (secondary N) is 1. The SMILES string of the molecule is Nc1nc(CO)cc(C2CCCc3ccccc3N2)n1. The van der Waals surface area contributed by atoms with Crippen LogP contribution in [0.2, 0.25) is 0 Å². The maximum atomic E-state index is 9.23. The van der Waals surface area contributed by atoms with E-state index in [4.69, 9.17) is 5.73 Å². The van der Waals surface area contributed by atoms with E-state index in [0.29, 0.717) is 5.69 Å². The van der Waals surface area contributed by atoms with Gasteiger partial charge in [0.05, 0.1) is 24.0 Å². The molecule has 0 spiro atoms. The van der Waals surface area contributed by atoms with Crippen LogP contribution in [0.15, 0.2) is 30.3 Å².